The van der Waals surface area contributed by atoms with E-state index in [2.05, 4.69) is 21.4 Å². The van der Waals surface area contributed by atoms with Crippen molar-refractivity contribution in [3.8, 4) is 11.5 Å². The third-order valence-corrected chi connectivity index (χ3v) is 6.02. The highest BCUT2D eigenvalue weighted by atomic mass is 79.9. The number of hydrogen-bond acceptors (Lipinski definition) is 6. The highest BCUT2D eigenvalue weighted by molar-refractivity contribution is 9.10. The molecule has 0 spiro atoms. The molecule has 0 saturated carbocycles. The van der Waals surface area contributed by atoms with Crippen LogP contribution < -0.4 is 10.2 Å². The Labute approximate surface area is 190 Å². The lowest BCUT2D eigenvalue weighted by Crippen LogP contribution is -2.44. The van der Waals surface area contributed by atoms with Crippen molar-refractivity contribution >= 4 is 73.7 Å². The Kier molecular flexibility index (Phi) is 6.84. The molecule has 2 aromatic carbocycles. The number of thioether (sulfide) groups is 1. The number of aromatic hydroxyl groups is 1. The Morgan fingerprint density at radius 1 is 1.38 bits per heavy atom. The van der Waals surface area contributed by atoms with Crippen LogP contribution in [0.2, 0.25) is 5.02 Å². The van der Waals surface area contributed by atoms with Crippen LogP contribution in [0.3, 0.4) is 0 Å². The van der Waals surface area contributed by atoms with Crippen molar-refractivity contribution in [1.82, 2.24) is 10.4 Å². The number of amides is 2. The summed E-state index contributed by atoms with van der Waals surface area (Å²) in [7, 11) is 0. The van der Waals surface area contributed by atoms with Crippen molar-refractivity contribution in [2.45, 2.75) is 6.92 Å². The van der Waals surface area contributed by atoms with E-state index in [9.17, 15) is 14.7 Å². The van der Waals surface area contributed by atoms with Crippen LogP contribution in [0, 0.1) is 0 Å². The Balaban J connectivity index is 1.82. The summed E-state index contributed by atoms with van der Waals surface area (Å²) in [4.78, 5) is 25.5. The van der Waals surface area contributed by atoms with E-state index < -0.39 is 11.8 Å². The lowest BCUT2D eigenvalue weighted by atomic mass is 10.2. The normalized spacial score (nSPS) is 15.1. The van der Waals surface area contributed by atoms with Gasteiger partial charge in [-0.2, -0.15) is 5.01 Å². The molecule has 29 heavy (non-hydrogen) atoms. The molecule has 1 saturated heterocycles. The van der Waals surface area contributed by atoms with Crippen molar-refractivity contribution in [2.24, 2.45) is 0 Å². The maximum Gasteiger partial charge on any atom is 0.285 e. The predicted molar refractivity (Wildman–Crippen MR) is 121 cm³/mol. The van der Waals surface area contributed by atoms with Gasteiger partial charge in [0.15, 0.2) is 15.8 Å². The molecule has 0 aliphatic carbocycles. The van der Waals surface area contributed by atoms with Crippen LogP contribution >= 0.6 is 51.5 Å². The van der Waals surface area contributed by atoms with E-state index in [1.54, 1.807) is 43.3 Å². The van der Waals surface area contributed by atoms with Crippen molar-refractivity contribution in [3.63, 3.8) is 0 Å². The van der Waals surface area contributed by atoms with Gasteiger partial charge in [-0.15, -0.1) is 0 Å². The van der Waals surface area contributed by atoms with Gasteiger partial charge in [0.2, 0.25) is 0 Å². The second-order valence-electron chi connectivity index (χ2n) is 5.74. The van der Waals surface area contributed by atoms with Crippen LogP contribution in [-0.2, 0) is 4.79 Å². The molecule has 0 unspecified atom stereocenters. The first-order chi connectivity index (χ1) is 13.8. The SMILES string of the molecule is CCOc1cc(/C=C2\SC(=S)N(NC(=O)c3ccc(Cl)cc3)C2=O)c(Br)cc1O. The van der Waals surface area contributed by atoms with Crippen molar-refractivity contribution < 1.29 is 19.4 Å². The van der Waals surface area contributed by atoms with E-state index in [0.29, 0.717) is 37.9 Å². The largest absolute Gasteiger partial charge is 0.504 e. The molecule has 2 N–H and O–H groups in total. The fraction of sp³-hybridized carbons (Fsp3) is 0.105. The second kappa shape index (κ2) is 9.17. The fourth-order valence-electron chi connectivity index (χ4n) is 2.41. The topological polar surface area (TPSA) is 78.9 Å². The number of ether oxygens (including phenoxy) is 1. The number of hydrogen-bond donors (Lipinski definition) is 2. The molecule has 6 nitrogen and oxygen atoms in total. The molecule has 150 valence electrons. The van der Waals surface area contributed by atoms with Gasteiger partial charge in [-0.3, -0.25) is 15.0 Å². The maximum atomic E-state index is 12.7. The maximum absolute atomic E-state index is 12.7. The highest BCUT2D eigenvalue weighted by Crippen LogP contribution is 2.37. The van der Waals surface area contributed by atoms with E-state index in [1.165, 1.54) is 6.07 Å². The van der Waals surface area contributed by atoms with Gasteiger partial charge in [-0.05, 0) is 67.2 Å². The Hall–Kier alpha value is -2.07. The number of nitrogens with zero attached hydrogens (tertiary/aromatic N) is 1. The van der Waals surface area contributed by atoms with Crippen LogP contribution in [0.25, 0.3) is 6.08 Å². The number of rotatable bonds is 5. The molecule has 10 heteroatoms. The molecule has 1 fully saturated rings. The average Bonchev–Trinajstić information content (AvgIpc) is 2.93. The van der Waals surface area contributed by atoms with Crippen molar-refractivity contribution in [3.05, 3.63) is 61.9 Å². The summed E-state index contributed by atoms with van der Waals surface area (Å²) in [6.45, 7) is 2.18. The molecule has 0 bridgehead atoms. The Bertz CT molecular complexity index is 1030. The van der Waals surface area contributed by atoms with Gasteiger partial charge in [0.25, 0.3) is 11.8 Å². The van der Waals surface area contributed by atoms with Crippen LogP contribution in [0.5, 0.6) is 11.5 Å². The van der Waals surface area contributed by atoms with Gasteiger partial charge in [-0.25, -0.2) is 0 Å². The lowest BCUT2D eigenvalue weighted by molar-refractivity contribution is -0.123. The second-order valence-corrected chi connectivity index (χ2v) is 8.71. The number of hydrazine groups is 1. The summed E-state index contributed by atoms with van der Waals surface area (Å²) in [5.74, 6) is -0.656. The van der Waals surface area contributed by atoms with Crippen molar-refractivity contribution in [1.29, 1.82) is 0 Å². The first-order valence-electron chi connectivity index (χ1n) is 8.30. The quantitative estimate of drug-likeness (QED) is 0.444. The summed E-state index contributed by atoms with van der Waals surface area (Å²) in [5, 5.41) is 11.5. The van der Waals surface area contributed by atoms with Crippen LogP contribution in [-0.4, -0.2) is 32.9 Å². The molecule has 0 aromatic heterocycles. The summed E-state index contributed by atoms with van der Waals surface area (Å²) < 4.78 is 6.16. The van der Waals surface area contributed by atoms with Crippen LogP contribution in [0.1, 0.15) is 22.8 Å². The van der Waals surface area contributed by atoms with Crippen molar-refractivity contribution in [2.75, 3.05) is 6.61 Å². The smallest absolute Gasteiger partial charge is 0.285 e. The average molecular weight is 514 g/mol. The molecule has 1 aliphatic heterocycles. The monoisotopic (exact) mass is 512 g/mol. The Morgan fingerprint density at radius 3 is 2.72 bits per heavy atom. The van der Waals surface area contributed by atoms with Gasteiger partial charge in [0.05, 0.1) is 11.5 Å². The van der Waals surface area contributed by atoms with Crippen LogP contribution in [0.15, 0.2) is 45.8 Å². The zero-order valence-corrected chi connectivity index (χ0v) is 18.9. The van der Waals surface area contributed by atoms with E-state index in [1.807, 2.05) is 0 Å². The van der Waals surface area contributed by atoms with Crippen LogP contribution in [0.4, 0.5) is 0 Å². The zero-order chi connectivity index (χ0) is 21.1. The predicted octanol–water partition coefficient (Wildman–Crippen LogP) is 4.75. The zero-order valence-electron chi connectivity index (χ0n) is 14.9. The summed E-state index contributed by atoms with van der Waals surface area (Å²) in [6.07, 6.45) is 1.61. The molecule has 3 rings (SSSR count). The number of benzene rings is 2. The molecule has 1 aliphatic rings. The number of phenolic OH excluding ortho intramolecular Hbond substituents is 1. The fourth-order valence-corrected chi connectivity index (χ4v) is 4.16. The third-order valence-electron chi connectivity index (χ3n) is 3.78. The summed E-state index contributed by atoms with van der Waals surface area (Å²) in [5.41, 5.74) is 3.47. The number of nitrogens with one attached hydrogen (secondary N) is 1. The Morgan fingerprint density at radius 2 is 2.07 bits per heavy atom. The molecule has 2 amide bonds. The first kappa shape index (κ1) is 21.6. The third kappa shape index (κ3) is 4.92. The molecule has 2 aromatic rings. The summed E-state index contributed by atoms with van der Waals surface area (Å²) >= 11 is 15.5. The minimum atomic E-state index is -0.483. The summed E-state index contributed by atoms with van der Waals surface area (Å²) in [6, 6.07) is 9.36. The van der Waals surface area contributed by atoms with E-state index in [0.717, 1.165) is 16.8 Å². The molecular formula is C19H14BrClN2O4S2. The molecule has 0 atom stereocenters. The van der Waals surface area contributed by atoms with E-state index >= 15 is 0 Å². The number of phenols is 1. The van der Waals surface area contributed by atoms with Gasteiger partial charge >= 0.3 is 0 Å². The number of halogens is 2. The molecule has 1 heterocycles. The van der Waals surface area contributed by atoms with E-state index in [-0.39, 0.29) is 10.1 Å². The highest BCUT2D eigenvalue weighted by Gasteiger charge is 2.34. The lowest BCUT2D eigenvalue weighted by Gasteiger charge is -2.15. The van der Waals surface area contributed by atoms with Gasteiger partial charge < -0.3 is 9.84 Å². The van der Waals surface area contributed by atoms with Gasteiger partial charge in [0.1, 0.15) is 0 Å². The minimum absolute atomic E-state index is 0.0151. The minimum Gasteiger partial charge on any atom is -0.504 e. The van der Waals surface area contributed by atoms with E-state index in [4.69, 9.17) is 28.6 Å². The van der Waals surface area contributed by atoms with Gasteiger partial charge in [-0.1, -0.05) is 39.3 Å². The number of thiocarbonyl (C=S) groups is 1. The molecule has 0 radical (unpaired) electrons. The first-order valence-corrected chi connectivity index (χ1v) is 10.7. The number of carbonyl (C=O) groups is 2. The number of carbonyl (C=O) groups excluding carboxylic acids is 2. The standard InChI is InChI=1S/C19H14BrClN2O4S2/c1-2-27-15-7-11(13(20)9-14(15)24)8-16-18(26)23(19(28)29-16)22-17(25)10-3-5-12(21)6-4-10/h3-9,24H,2H2,1H3,(H,22,25)/b16-8-. The van der Waals surface area contributed by atoms with Gasteiger partial charge in [0, 0.05) is 15.1 Å². The molecular weight excluding hydrogens is 500 g/mol.